The molecule has 0 bridgehead atoms. The van der Waals surface area contributed by atoms with Crippen molar-refractivity contribution in [2.75, 3.05) is 75.2 Å². The fourth-order valence-corrected chi connectivity index (χ4v) is 8.25. The number of aromatic carboxylic acids is 1. The number of hydrogen-bond acceptors (Lipinski definition) is 6. The predicted octanol–water partition coefficient (Wildman–Crippen LogP) is 8.81. The Balaban J connectivity index is 0.000000174. The van der Waals surface area contributed by atoms with Crippen LogP contribution in [0.2, 0.25) is 0 Å². The fourth-order valence-electron chi connectivity index (χ4n) is 8.25. The SMILES string of the molecule is Cc1ccc(N2CCN(CCCCc3c[nH]c4ccc(C#N)cc34)CC2)cc1.Cc1ccc(N2CCN(CCCCc3c[nH]c4ccc(C(=O)O)cc34)CC2)cc1. The van der Waals surface area contributed by atoms with Crippen LogP contribution in [0.25, 0.3) is 21.8 Å². The largest absolute Gasteiger partial charge is 0.478 e. The Hall–Kier alpha value is -5.56. The van der Waals surface area contributed by atoms with Gasteiger partial charge >= 0.3 is 5.97 Å². The van der Waals surface area contributed by atoms with Gasteiger partial charge in [0, 0.05) is 97.9 Å². The van der Waals surface area contributed by atoms with E-state index < -0.39 is 5.97 Å². The highest BCUT2D eigenvalue weighted by Crippen LogP contribution is 2.24. The number of carbonyl (C=O) groups is 1. The molecular weight excluding hydrogens is 707 g/mol. The summed E-state index contributed by atoms with van der Waals surface area (Å²) in [7, 11) is 0. The van der Waals surface area contributed by atoms with Crippen LogP contribution in [0.4, 0.5) is 11.4 Å². The van der Waals surface area contributed by atoms with E-state index in [1.165, 1.54) is 58.4 Å². The van der Waals surface area contributed by atoms with Gasteiger partial charge in [-0.15, -0.1) is 0 Å². The van der Waals surface area contributed by atoms with E-state index in [1.54, 1.807) is 12.1 Å². The summed E-state index contributed by atoms with van der Waals surface area (Å²) in [6.07, 6.45) is 10.8. The van der Waals surface area contributed by atoms with Gasteiger partial charge < -0.3 is 24.9 Å². The number of fused-ring (bicyclic) bond motifs is 2. The monoisotopic (exact) mass is 763 g/mol. The van der Waals surface area contributed by atoms with Crippen LogP contribution in [0.15, 0.2) is 97.3 Å². The van der Waals surface area contributed by atoms with E-state index in [0.717, 1.165) is 107 Å². The molecule has 8 rings (SSSR count). The Bertz CT molecular complexity index is 2250. The zero-order valence-corrected chi connectivity index (χ0v) is 33.6. The van der Waals surface area contributed by atoms with Gasteiger partial charge in [-0.05, 0) is 137 Å². The average molecular weight is 764 g/mol. The summed E-state index contributed by atoms with van der Waals surface area (Å²) in [5.41, 5.74) is 11.1. The summed E-state index contributed by atoms with van der Waals surface area (Å²) >= 11 is 0. The van der Waals surface area contributed by atoms with Crippen molar-refractivity contribution in [3.05, 3.63) is 131 Å². The lowest BCUT2D eigenvalue weighted by atomic mass is 10.0. The van der Waals surface area contributed by atoms with Crippen molar-refractivity contribution in [3.63, 3.8) is 0 Å². The maximum atomic E-state index is 11.2. The number of aromatic amines is 2. The van der Waals surface area contributed by atoms with Gasteiger partial charge in [0.15, 0.2) is 0 Å². The number of carboxylic acid groups (broad SMARTS) is 1. The molecule has 2 aromatic heterocycles. The van der Waals surface area contributed by atoms with Gasteiger partial charge in [-0.2, -0.15) is 5.26 Å². The highest BCUT2D eigenvalue weighted by Gasteiger charge is 2.18. The molecule has 0 atom stereocenters. The van der Waals surface area contributed by atoms with Crippen LogP contribution >= 0.6 is 0 Å². The summed E-state index contributed by atoms with van der Waals surface area (Å²) in [5, 5.41) is 20.6. The number of nitrogens with one attached hydrogen (secondary N) is 2. The van der Waals surface area contributed by atoms with Crippen LogP contribution in [0.1, 0.15) is 63.9 Å². The second-order valence-electron chi connectivity index (χ2n) is 15.8. The number of benzene rings is 4. The first-order valence-electron chi connectivity index (χ1n) is 20.7. The first kappa shape index (κ1) is 39.7. The molecule has 0 amide bonds. The summed E-state index contributed by atoms with van der Waals surface area (Å²) in [6.45, 7) is 15.5. The van der Waals surface area contributed by atoms with E-state index in [0.29, 0.717) is 5.56 Å². The lowest BCUT2D eigenvalue weighted by molar-refractivity contribution is 0.0697. The van der Waals surface area contributed by atoms with Crippen LogP contribution in [0.5, 0.6) is 0 Å². The molecule has 2 saturated heterocycles. The highest BCUT2D eigenvalue weighted by atomic mass is 16.4. The van der Waals surface area contributed by atoms with Crippen molar-refractivity contribution in [2.24, 2.45) is 0 Å². The van der Waals surface area contributed by atoms with Gasteiger partial charge in [-0.1, -0.05) is 35.4 Å². The molecule has 9 nitrogen and oxygen atoms in total. The van der Waals surface area contributed by atoms with Crippen molar-refractivity contribution < 1.29 is 9.90 Å². The first-order chi connectivity index (χ1) is 27.8. The number of carboxylic acids is 1. The molecule has 57 heavy (non-hydrogen) atoms. The minimum atomic E-state index is -0.871. The predicted molar refractivity (Wildman–Crippen MR) is 234 cm³/mol. The number of rotatable bonds is 13. The molecule has 9 heteroatoms. The number of unbranched alkanes of at least 4 members (excludes halogenated alkanes) is 2. The molecule has 0 saturated carbocycles. The van der Waals surface area contributed by atoms with Crippen LogP contribution in [0.3, 0.4) is 0 Å². The quantitative estimate of drug-likeness (QED) is 0.101. The van der Waals surface area contributed by atoms with Gasteiger partial charge in [0.25, 0.3) is 0 Å². The van der Waals surface area contributed by atoms with E-state index in [-0.39, 0.29) is 0 Å². The van der Waals surface area contributed by atoms with E-state index in [9.17, 15) is 9.90 Å². The third-order valence-electron chi connectivity index (χ3n) is 11.8. The van der Waals surface area contributed by atoms with Crippen LogP contribution in [-0.4, -0.2) is 96.3 Å². The molecule has 0 radical (unpaired) electrons. The molecule has 2 aliphatic rings. The van der Waals surface area contributed by atoms with Crippen LogP contribution in [-0.2, 0) is 12.8 Å². The number of anilines is 2. The Labute approximate surface area is 337 Å². The summed E-state index contributed by atoms with van der Waals surface area (Å²) in [6, 6.07) is 31.1. The maximum Gasteiger partial charge on any atom is 0.335 e. The smallest absolute Gasteiger partial charge is 0.335 e. The Morgan fingerprint density at radius 1 is 0.614 bits per heavy atom. The number of nitrogens with zero attached hydrogens (tertiary/aromatic N) is 5. The third kappa shape index (κ3) is 10.4. The number of aryl methyl sites for hydroxylation is 4. The van der Waals surface area contributed by atoms with Gasteiger partial charge in [0.1, 0.15) is 0 Å². The molecule has 0 aliphatic carbocycles. The number of aromatic nitrogens is 2. The molecule has 0 unspecified atom stereocenters. The highest BCUT2D eigenvalue weighted by molar-refractivity contribution is 5.94. The van der Waals surface area contributed by atoms with Crippen molar-refractivity contribution in [1.82, 2.24) is 19.8 Å². The standard InChI is InChI=1S/C24H28N4.C24H29N3O2/c1-19-5-8-22(9-6-19)28-14-12-27(13-15-28)11-3-2-4-21-18-26-24-10-7-20(17-25)16-23(21)24;1-18-5-8-21(9-6-18)27-14-12-26(13-15-27)11-3-2-4-20-17-25-23-10-7-19(24(28)29)16-22(20)23/h5-10,16,18,26H,2-4,11-15H2,1H3;5-10,16-17,25H,2-4,11-15H2,1H3,(H,28,29). The Kier molecular flexibility index (Phi) is 13.3. The van der Waals surface area contributed by atoms with Crippen LogP contribution < -0.4 is 9.80 Å². The molecule has 4 heterocycles. The third-order valence-corrected chi connectivity index (χ3v) is 11.8. The zero-order valence-electron chi connectivity index (χ0n) is 33.6. The van der Waals surface area contributed by atoms with E-state index >= 15 is 0 Å². The fraction of sp³-hybridized carbons (Fsp3) is 0.375. The molecule has 296 valence electrons. The minimum Gasteiger partial charge on any atom is -0.478 e. The molecule has 3 N–H and O–H groups in total. The Morgan fingerprint density at radius 3 is 1.53 bits per heavy atom. The Morgan fingerprint density at radius 2 is 1.07 bits per heavy atom. The van der Waals surface area contributed by atoms with E-state index in [2.05, 4.69) is 104 Å². The van der Waals surface area contributed by atoms with E-state index in [4.69, 9.17) is 5.26 Å². The van der Waals surface area contributed by atoms with E-state index in [1.807, 2.05) is 30.5 Å². The van der Waals surface area contributed by atoms with Crippen molar-refractivity contribution >= 4 is 39.1 Å². The van der Waals surface area contributed by atoms with Crippen molar-refractivity contribution in [2.45, 2.75) is 52.4 Å². The summed E-state index contributed by atoms with van der Waals surface area (Å²) in [4.78, 5) is 27.9. The topological polar surface area (TPSA) is 106 Å². The molecule has 2 aliphatic heterocycles. The number of piperazine rings is 2. The van der Waals surface area contributed by atoms with Gasteiger partial charge in [0.2, 0.25) is 0 Å². The normalized spacial score (nSPS) is 15.1. The lowest BCUT2D eigenvalue weighted by Crippen LogP contribution is -2.46. The second kappa shape index (κ2) is 19.1. The number of H-pyrrole nitrogens is 2. The van der Waals surface area contributed by atoms with Gasteiger partial charge in [0.05, 0.1) is 17.2 Å². The summed E-state index contributed by atoms with van der Waals surface area (Å²) < 4.78 is 0. The molecular formula is C48H57N7O2. The number of nitriles is 1. The van der Waals surface area contributed by atoms with Crippen molar-refractivity contribution in [3.8, 4) is 6.07 Å². The molecule has 0 spiro atoms. The molecule has 2 fully saturated rings. The minimum absolute atomic E-state index is 0.352. The molecule has 6 aromatic rings. The van der Waals surface area contributed by atoms with Gasteiger partial charge in [-0.25, -0.2) is 4.79 Å². The summed E-state index contributed by atoms with van der Waals surface area (Å²) in [5.74, 6) is -0.871. The average Bonchev–Trinajstić information content (AvgIpc) is 3.85. The molecule has 4 aromatic carbocycles. The second-order valence-corrected chi connectivity index (χ2v) is 15.8. The zero-order chi connectivity index (χ0) is 39.6. The lowest BCUT2D eigenvalue weighted by Gasteiger charge is -2.36. The maximum absolute atomic E-state index is 11.2. The number of hydrogen-bond donors (Lipinski definition) is 3. The van der Waals surface area contributed by atoms with Crippen molar-refractivity contribution in [1.29, 1.82) is 5.26 Å². The van der Waals surface area contributed by atoms with Crippen LogP contribution in [0, 0.1) is 25.2 Å². The van der Waals surface area contributed by atoms with Gasteiger partial charge in [-0.3, -0.25) is 9.80 Å². The first-order valence-corrected chi connectivity index (χ1v) is 20.7.